The van der Waals surface area contributed by atoms with Crippen LogP contribution in [0.2, 0.25) is 18.1 Å². The summed E-state index contributed by atoms with van der Waals surface area (Å²) in [5.74, 6) is 0.555. The van der Waals surface area contributed by atoms with Crippen molar-refractivity contribution in [1.82, 2.24) is 0 Å². The molecular formula is C36H67NO15Si. The molecule has 0 unspecified atom stereocenters. The predicted molar refractivity (Wildman–Crippen MR) is 201 cm³/mol. The van der Waals surface area contributed by atoms with Crippen molar-refractivity contribution >= 4 is 14.0 Å². The van der Waals surface area contributed by atoms with Crippen LogP contribution in [0.25, 0.3) is 0 Å². The number of rotatable bonds is 39. The molecule has 0 aromatic heterocycles. The summed E-state index contributed by atoms with van der Waals surface area (Å²) in [5.41, 5.74) is 0.0250. The van der Waals surface area contributed by atoms with Gasteiger partial charge in [0.1, 0.15) is 12.4 Å². The highest BCUT2D eigenvalue weighted by molar-refractivity contribution is 6.74. The SMILES string of the molecule is CC(C)(C)[Si](C)(C)OCCOCCOCCOCCOCCOCCOCCOCCOCCOCCOCCOCCOc1ccc([N+](=O)[O-])cc1. The summed E-state index contributed by atoms with van der Waals surface area (Å²) >= 11 is 0. The number of hydrogen-bond donors (Lipinski definition) is 0. The molecule has 1 aromatic rings. The molecule has 1 aromatic carbocycles. The maximum Gasteiger partial charge on any atom is 0.269 e. The number of nitro benzene ring substituents is 1. The van der Waals surface area contributed by atoms with Crippen molar-refractivity contribution in [2.75, 3.05) is 159 Å². The van der Waals surface area contributed by atoms with Gasteiger partial charge in [-0.15, -0.1) is 0 Å². The molecule has 1 rings (SSSR count). The molecule has 53 heavy (non-hydrogen) atoms. The first-order valence-corrected chi connectivity index (χ1v) is 21.4. The van der Waals surface area contributed by atoms with Crippen molar-refractivity contribution < 1.29 is 66.2 Å². The van der Waals surface area contributed by atoms with E-state index in [1.54, 1.807) is 12.1 Å². The Bertz CT molecular complexity index is 969. The average molecular weight is 782 g/mol. The standard InChI is InChI=1S/C36H67NO15Si/c1-36(2,3)53(4,5)52-33-31-50-29-27-48-25-23-46-21-19-44-17-15-42-13-11-40-10-12-41-14-16-43-18-20-45-22-24-47-26-28-49-30-32-51-35-8-6-34(7-9-35)37(38)39/h6-9H,10-33H2,1-5H3. The zero-order valence-electron chi connectivity index (χ0n) is 32.9. The van der Waals surface area contributed by atoms with E-state index in [9.17, 15) is 10.1 Å². The lowest BCUT2D eigenvalue weighted by Crippen LogP contribution is -2.41. The Balaban J connectivity index is 1.66. The Hall–Kier alpha value is -1.84. The van der Waals surface area contributed by atoms with Crippen LogP contribution in [0.5, 0.6) is 5.75 Å². The molecule has 0 aliphatic carbocycles. The van der Waals surface area contributed by atoms with Gasteiger partial charge in [0, 0.05) is 12.1 Å². The highest BCUT2D eigenvalue weighted by atomic mass is 28.4. The van der Waals surface area contributed by atoms with Crippen LogP contribution in [0, 0.1) is 10.1 Å². The van der Waals surface area contributed by atoms with Crippen molar-refractivity contribution in [2.45, 2.75) is 38.9 Å². The third-order valence-electron chi connectivity index (χ3n) is 7.76. The van der Waals surface area contributed by atoms with E-state index in [0.29, 0.717) is 164 Å². The van der Waals surface area contributed by atoms with E-state index in [1.165, 1.54) is 12.1 Å². The van der Waals surface area contributed by atoms with Gasteiger partial charge >= 0.3 is 0 Å². The Kier molecular flexibility index (Phi) is 31.1. The molecule has 0 N–H and O–H groups in total. The number of hydrogen-bond acceptors (Lipinski definition) is 15. The normalized spacial score (nSPS) is 12.1. The number of nitrogens with zero attached hydrogens (tertiary/aromatic N) is 1. The summed E-state index contributed by atoms with van der Waals surface area (Å²) in [4.78, 5) is 10.2. The molecule has 0 fully saturated rings. The first-order valence-electron chi connectivity index (χ1n) is 18.5. The van der Waals surface area contributed by atoms with Crippen molar-refractivity contribution in [1.29, 1.82) is 0 Å². The summed E-state index contributed by atoms with van der Waals surface area (Å²) in [7, 11) is -1.71. The third kappa shape index (κ3) is 30.1. The van der Waals surface area contributed by atoms with Gasteiger partial charge in [0.2, 0.25) is 0 Å². The van der Waals surface area contributed by atoms with E-state index in [0.717, 1.165) is 0 Å². The first kappa shape index (κ1) is 49.2. The summed E-state index contributed by atoms with van der Waals surface area (Å²) in [6, 6.07) is 5.91. The molecule has 0 aliphatic rings. The number of nitro groups is 1. The van der Waals surface area contributed by atoms with Gasteiger partial charge in [0.25, 0.3) is 5.69 Å². The highest BCUT2D eigenvalue weighted by Crippen LogP contribution is 2.36. The van der Waals surface area contributed by atoms with Gasteiger partial charge in [-0.25, -0.2) is 0 Å². The summed E-state index contributed by atoms with van der Waals surface area (Å²) in [6.07, 6.45) is 0. The summed E-state index contributed by atoms with van der Waals surface area (Å²) in [5, 5.41) is 10.9. The Labute approximate surface area is 317 Å². The molecule has 0 heterocycles. The van der Waals surface area contributed by atoms with Crippen molar-refractivity contribution in [3.63, 3.8) is 0 Å². The van der Waals surface area contributed by atoms with Crippen LogP contribution >= 0.6 is 0 Å². The van der Waals surface area contributed by atoms with E-state index in [2.05, 4.69) is 33.9 Å². The van der Waals surface area contributed by atoms with Gasteiger partial charge in [-0.3, -0.25) is 10.1 Å². The molecule has 0 bridgehead atoms. The largest absolute Gasteiger partial charge is 0.491 e. The molecule has 0 radical (unpaired) electrons. The van der Waals surface area contributed by atoms with Gasteiger partial charge < -0.3 is 61.3 Å². The summed E-state index contributed by atoms with van der Waals surface area (Å²) < 4.78 is 72.0. The lowest BCUT2D eigenvalue weighted by molar-refractivity contribution is -0.384. The first-order chi connectivity index (χ1) is 25.6. The Morgan fingerprint density at radius 3 is 0.943 bits per heavy atom. The van der Waals surface area contributed by atoms with E-state index in [4.69, 9.17) is 61.3 Å². The summed E-state index contributed by atoms with van der Waals surface area (Å²) in [6.45, 7) is 23.0. The highest BCUT2D eigenvalue weighted by Gasteiger charge is 2.36. The molecule has 0 atom stereocenters. The lowest BCUT2D eigenvalue weighted by atomic mass is 10.2. The fourth-order valence-corrected chi connectivity index (χ4v) is 4.78. The van der Waals surface area contributed by atoms with Crippen LogP contribution < -0.4 is 4.74 Å². The monoisotopic (exact) mass is 781 g/mol. The molecule has 310 valence electrons. The lowest BCUT2D eigenvalue weighted by Gasteiger charge is -2.36. The average Bonchev–Trinajstić information content (AvgIpc) is 3.12. The van der Waals surface area contributed by atoms with Gasteiger partial charge in [-0.2, -0.15) is 0 Å². The van der Waals surface area contributed by atoms with Gasteiger partial charge in [-0.1, -0.05) is 20.8 Å². The van der Waals surface area contributed by atoms with E-state index < -0.39 is 13.2 Å². The van der Waals surface area contributed by atoms with Crippen LogP contribution in [-0.4, -0.2) is 172 Å². The van der Waals surface area contributed by atoms with Crippen molar-refractivity contribution in [2.24, 2.45) is 0 Å². The zero-order chi connectivity index (χ0) is 38.7. The minimum atomic E-state index is -1.71. The number of non-ortho nitro benzene ring substituents is 1. The van der Waals surface area contributed by atoms with Crippen LogP contribution in [0.15, 0.2) is 24.3 Å². The van der Waals surface area contributed by atoms with E-state index >= 15 is 0 Å². The fourth-order valence-electron chi connectivity index (χ4n) is 3.76. The topological polar surface area (TPSA) is 163 Å². The van der Waals surface area contributed by atoms with E-state index in [-0.39, 0.29) is 10.7 Å². The second-order valence-corrected chi connectivity index (χ2v) is 17.8. The molecule has 17 heteroatoms. The Morgan fingerprint density at radius 2 is 0.698 bits per heavy atom. The minimum Gasteiger partial charge on any atom is -0.491 e. The Morgan fingerprint density at radius 1 is 0.453 bits per heavy atom. The van der Waals surface area contributed by atoms with E-state index in [1.807, 2.05) is 0 Å². The molecule has 0 saturated heterocycles. The molecular weight excluding hydrogens is 714 g/mol. The molecule has 0 saturated carbocycles. The van der Waals surface area contributed by atoms with Crippen LogP contribution in [0.3, 0.4) is 0 Å². The van der Waals surface area contributed by atoms with Gasteiger partial charge in [0.05, 0.1) is 157 Å². The fraction of sp³-hybridized carbons (Fsp3) is 0.833. The number of benzene rings is 1. The third-order valence-corrected chi connectivity index (χ3v) is 12.3. The quantitative estimate of drug-likeness (QED) is 0.0404. The second-order valence-electron chi connectivity index (χ2n) is 12.9. The zero-order valence-corrected chi connectivity index (χ0v) is 33.9. The van der Waals surface area contributed by atoms with Crippen LogP contribution in [0.1, 0.15) is 20.8 Å². The second kappa shape index (κ2) is 33.5. The van der Waals surface area contributed by atoms with Gasteiger partial charge in [-0.05, 0) is 30.3 Å². The van der Waals surface area contributed by atoms with Crippen molar-refractivity contribution in [3.05, 3.63) is 34.4 Å². The predicted octanol–water partition coefficient (Wildman–Crippen LogP) is 4.18. The van der Waals surface area contributed by atoms with Crippen LogP contribution in [-0.2, 0) is 56.5 Å². The molecule has 0 amide bonds. The molecule has 16 nitrogen and oxygen atoms in total. The van der Waals surface area contributed by atoms with Gasteiger partial charge in [0.15, 0.2) is 8.32 Å². The molecule has 0 spiro atoms. The minimum absolute atomic E-state index is 0.0250. The maximum atomic E-state index is 10.6. The molecule has 0 aliphatic heterocycles. The number of ether oxygens (including phenoxy) is 12. The van der Waals surface area contributed by atoms with Crippen molar-refractivity contribution in [3.8, 4) is 5.75 Å². The maximum absolute atomic E-state index is 10.6. The van der Waals surface area contributed by atoms with Crippen LogP contribution in [0.4, 0.5) is 5.69 Å². The smallest absolute Gasteiger partial charge is 0.269 e.